The molecule has 0 spiro atoms. The lowest BCUT2D eigenvalue weighted by Gasteiger charge is -2.27. The Morgan fingerprint density at radius 2 is 2.17 bits per heavy atom. The van der Waals surface area contributed by atoms with Crippen molar-refractivity contribution in [3.05, 3.63) is 57.3 Å². The Bertz CT molecular complexity index is 784. The molecule has 2 aromatic rings. The Hall–Kier alpha value is -1.79. The summed E-state index contributed by atoms with van der Waals surface area (Å²) in [5.41, 5.74) is 4.01. The first-order valence-electron chi connectivity index (χ1n) is 7.56. The van der Waals surface area contributed by atoms with Gasteiger partial charge in [-0.15, -0.1) is 23.1 Å². The van der Waals surface area contributed by atoms with Gasteiger partial charge in [0.2, 0.25) is 0 Å². The summed E-state index contributed by atoms with van der Waals surface area (Å²) >= 11 is 3.41. The molecule has 1 aromatic carbocycles. The van der Waals surface area contributed by atoms with Crippen molar-refractivity contribution in [2.45, 2.75) is 18.8 Å². The van der Waals surface area contributed by atoms with Gasteiger partial charge in [-0.05, 0) is 30.0 Å². The van der Waals surface area contributed by atoms with E-state index >= 15 is 0 Å². The first kappa shape index (κ1) is 14.8. The Labute approximate surface area is 143 Å². The average molecular weight is 344 g/mol. The van der Waals surface area contributed by atoms with Gasteiger partial charge in [0.05, 0.1) is 12.3 Å². The monoisotopic (exact) mass is 344 g/mol. The highest BCUT2D eigenvalue weighted by Gasteiger charge is 2.38. The summed E-state index contributed by atoms with van der Waals surface area (Å²) < 4.78 is 0. The van der Waals surface area contributed by atoms with Crippen LogP contribution < -0.4 is 0 Å². The maximum atomic E-state index is 12.7. The van der Waals surface area contributed by atoms with E-state index in [4.69, 9.17) is 4.84 Å². The van der Waals surface area contributed by atoms with Crippen LogP contribution in [0.2, 0.25) is 0 Å². The minimum absolute atomic E-state index is 0.0563. The van der Waals surface area contributed by atoms with Crippen LogP contribution in [0.15, 0.2) is 40.9 Å². The van der Waals surface area contributed by atoms with Crippen molar-refractivity contribution in [1.29, 1.82) is 0 Å². The number of hydrogen-bond acceptors (Lipinski definition) is 5. The van der Waals surface area contributed by atoms with E-state index in [-0.39, 0.29) is 11.3 Å². The van der Waals surface area contributed by atoms with Crippen molar-refractivity contribution in [2.24, 2.45) is 5.16 Å². The molecule has 0 saturated carbocycles. The van der Waals surface area contributed by atoms with Gasteiger partial charge < -0.3 is 9.74 Å². The number of rotatable bonds is 2. The number of fused-ring (bicyclic) bond motifs is 4. The van der Waals surface area contributed by atoms with Gasteiger partial charge in [0, 0.05) is 21.8 Å². The third-order valence-corrected chi connectivity index (χ3v) is 6.22. The number of nitrogens with zero attached hydrogens (tertiary/aromatic N) is 2. The SMILES string of the molecule is CCO/N=C1/CSC2c3ccccc3C(=O)N2Cc2sccc21. The van der Waals surface area contributed by atoms with Crippen LogP contribution in [0.5, 0.6) is 0 Å². The van der Waals surface area contributed by atoms with Crippen molar-refractivity contribution < 1.29 is 9.63 Å². The first-order chi connectivity index (χ1) is 11.3. The molecule has 118 valence electrons. The lowest BCUT2D eigenvalue weighted by molar-refractivity contribution is 0.0763. The van der Waals surface area contributed by atoms with Gasteiger partial charge in [-0.1, -0.05) is 23.4 Å². The second-order valence-corrected chi connectivity index (χ2v) is 7.47. The fourth-order valence-corrected chi connectivity index (χ4v) is 5.15. The van der Waals surface area contributed by atoms with E-state index in [1.165, 1.54) is 4.88 Å². The number of carbonyl (C=O) groups is 1. The average Bonchev–Trinajstić information content (AvgIpc) is 3.11. The van der Waals surface area contributed by atoms with Gasteiger partial charge >= 0.3 is 0 Å². The number of thiophene rings is 1. The Balaban J connectivity index is 1.76. The Morgan fingerprint density at radius 1 is 1.30 bits per heavy atom. The third-order valence-electron chi connectivity index (χ3n) is 4.05. The van der Waals surface area contributed by atoms with Gasteiger partial charge in [0.15, 0.2) is 0 Å². The van der Waals surface area contributed by atoms with Gasteiger partial charge in [-0.25, -0.2) is 0 Å². The van der Waals surface area contributed by atoms with Crippen molar-refractivity contribution >= 4 is 34.7 Å². The molecule has 2 aliphatic heterocycles. The maximum Gasteiger partial charge on any atom is 0.255 e. The van der Waals surface area contributed by atoms with Crippen LogP contribution in [-0.2, 0) is 11.4 Å². The standard InChI is InChI=1S/C17H16N2O2S2/c1-2-21-18-14-10-23-17-12-6-4-3-5-11(12)16(20)19(17)9-15-13(14)7-8-22-15/h3-8,17H,2,9-10H2,1H3/b18-14-. The van der Waals surface area contributed by atoms with Crippen molar-refractivity contribution in [3.8, 4) is 0 Å². The van der Waals surface area contributed by atoms with Gasteiger partial charge in [0.25, 0.3) is 5.91 Å². The number of benzene rings is 1. The molecular weight excluding hydrogens is 328 g/mol. The predicted molar refractivity (Wildman–Crippen MR) is 94.0 cm³/mol. The highest BCUT2D eigenvalue weighted by atomic mass is 32.2. The van der Waals surface area contributed by atoms with E-state index in [1.807, 2.05) is 30.0 Å². The Morgan fingerprint density at radius 3 is 3.04 bits per heavy atom. The maximum absolute atomic E-state index is 12.7. The van der Waals surface area contributed by atoms with E-state index < -0.39 is 0 Å². The molecule has 0 saturated heterocycles. The van der Waals surface area contributed by atoms with Crippen LogP contribution in [0.3, 0.4) is 0 Å². The number of carbonyl (C=O) groups excluding carboxylic acids is 1. The molecule has 0 aliphatic carbocycles. The fraction of sp³-hybridized carbons (Fsp3) is 0.294. The third kappa shape index (κ3) is 2.46. The lowest BCUT2D eigenvalue weighted by atomic mass is 10.1. The minimum atomic E-state index is 0.0563. The highest BCUT2D eigenvalue weighted by molar-refractivity contribution is 8.00. The summed E-state index contributed by atoms with van der Waals surface area (Å²) in [6, 6.07) is 9.99. The number of amides is 1. The summed E-state index contributed by atoms with van der Waals surface area (Å²) in [7, 11) is 0. The van der Waals surface area contributed by atoms with E-state index in [0.29, 0.717) is 13.2 Å². The highest BCUT2D eigenvalue weighted by Crippen LogP contribution is 2.44. The second kappa shape index (κ2) is 6.02. The van der Waals surface area contributed by atoms with Crippen LogP contribution in [0.25, 0.3) is 0 Å². The smallest absolute Gasteiger partial charge is 0.255 e. The van der Waals surface area contributed by atoms with Crippen molar-refractivity contribution in [3.63, 3.8) is 0 Å². The summed E-state index contributed by atoms with van der Waals surface area (Å²) in [4.78, 5) is 21.2. The molecule has 0 radical (unpaired) electrons. The quantitative estimate of drug-likeness (QED) is 0.776. The molecule has 0 fully saturated rings. The summed E-state index contributed by atoms with van der Waals surface area (Å²) in [5.74, 6) is 0.856. The summed E-state index contributed by atoms with van der Waals surface area (Å²) in [6.45, 7) is 3.12. The zero-order chi connectivity index (χ0) is 15.8. The molecule has 0 bridgehead atoms. The van der Waals surface area contributed by atoms with Gasteiger partial charge in [-0.2, -0.15) is 0 Å². The zero-order valence-corrected chi connectivity index (χ0v) is 14.3. The van der Waals surface area contributed by atoms with Crippen LogP contribution in [0.4, 0.5) is 0 Å². The van der Waals surface area contributed by atoms with Crippen LogP contribution in [0, 0.1) is 0 Å². The number of oxime groups is 1. The van der Waals surface area contributed by atoms with E-state index in [1.54, 1.807) is 23.1 Å². The first-order valence-corrected chi connectivity index (χ1v) is 9.49. The molecule has 6 heteroatoms. The summed E-state index contributed by atoms with van der Waals surface area (Å²) in [5, 5.41) is 6.42. The molecule has 1 atom stereocenters. The fourth-order valence-electron chi connectivity index (χ4n) is 3.00. The van der Waals surface area contributed by atoms with Crippen LogP contribution in [-0.4, -0.2) is 28.9 Å². The minimum Gasteiger partial charge on any atom is -0.396 e. The van der Waals surface area contributed by atoms with E-state index in [0.717, 1.165) is 28.2 Å². The van der Waals surface area contributed by atoms with Gasteiger partial charge in [0.1, 0.15) is 12.0 Å². The normalized spacial score (nSPS) is 21.4. The number of hydrogen-bond donors (Lipinski definition) is 0. The molecule has 3 heterocycles. The Kier molecular flexibility index (Phi) is 3.87. The van der Waals surface area contributed by atoms with Crippen LogP contribution >= 0.6 is 23.1 Å². The van der Waals surface area contributed by atoms with Crippen molar-refractivity contribution in [2.75, 3.05) is 12.4 Å². The molecule has 1 aromatic heterocycles. The number of thioether (sulfide) groups is 1. The van der Waals surface area contributed by atoms with E-state index in [2.05, 4.69) is 22.7 Å². The predicted octanol–water partition coefficient (Wildman–Crippen LogP) is 3.89. The molecule has 23 heavy (non-hydrogen) atoms. The second-order valence-electron chi connectivity index (χ2n) is 5.40. The molecule has 1 unspecified atom stereocenters. The van der Waals surface area contributed by atoms with E-state index in [9.17, 15) is 4.79 Å². The topological polar surface area (TPSA) is 41.9 Å². The molecule has 0 N–H and O–H groups in total. The zero-order valence-electron chi connectivity index (χ0n) is 12.7. The van der Waals surface area contributed by atoms with Crippen molar-refractivity contribution in [1.82, 2.24) is 4.90 Å². The summed E-state index contributed by atoms with van der Waals surface area (Å²) in [6.07, 6.45) is 0. The molecule has 4 rings (SSSR count). The van der Waals surface area contributed by atoms with Crippen LogP contribution in [0.1, 0.15) is 38.7 Å². The molecular formula is C17H16N2O2S2. The molecule has 1 amide bonds. The lowest BCUT2D eigenvalue weighted by Crippen LogP contribution is -2.29. The van der Waals surface area contributed by atoms with Gasteiger partial charge in [-0.3, -0.25) is 4.79 Å². The molecule has 4 nitrogen and oxygen atoms in total. The largest absolute Gasteiger partial charge is 0.396 e. The molecule has 2 aliphatic rings.